The van der Waals surface area contributed by atoms with Crippen LogP contribution in [-0.2, 0) is 16.1 Å². The molecular formula is C14H22BrN3O2. The summed E-state index contributed by atoms with van der Waals surface area (Å²) in [4.78, 5) is 13.4. The molecular weight excluding hydrogens is 322 g/mol. The predicted octanol–water partition coefficient (Wildman–Crippen LogP) is 1.37. The zero-order valence-electron chi connectivity index (χ0n) is 12.2. The summed E-state index contributed by atoms with van der Waals surface area (Å²) in [7, 11) is 5.24. The van der Waals surface area contributed by atoms with Gasteiger partial charge >= 0.3 is 0 Å². The van der Waals surface area contributed by atoms with Gasteiger partial charge in [-0.15, -0.1) is 0 Å². The molecule has 0 spiro atoms. The second kappa shape index (κ2) is 8.94. The van der Waals surface area contributed by atoms with E-state index in [1.807, 2.05) is 24.1 Å². The molecule has 20 heavy (non-hydrogen) atoms. The van der Waals surface area contributed by atoms with E-state index in [1.165, 1.54) is 0 Å². The Hall–Kier alpha value is -1.11. The Kier molecular flexibility index (Phi) is 7.58. The first kappa shape index (κ1) is 16.9. The van der Waals surface area contributed by atoms with E-state index in [9.17, 15) is 4.79 Å². The summed E-state index contributed by atoms with van der Waals surface area (Å²) >= 11 is 3.48. The number of hydrogen-bond acceptors (Lipinski definition) is 4. The van der Waals surface area contributed by atoms with Crippen LogP contribution in [0.3, 0.4) is 0 Å². The van der Waals surface area contributed by atoms with Gasteiger partial charge in [-0.3, -0.25) is 4.79 Å². The molecule has 1 rings (SSSR count). The molecule has 0 aromatic heterocycles. The van der Waals surface area contributed by atoms with Crippen molar-refractivity contribution in [3.8, 4) is 0 Å². The van der Waals surface area contributed by atoms with Crippen LogP contribution in [0.2, 0.25) is 0 Å². The zero-order valence-corrected chi connectivity index (χ0v) is 13.8. The fourth-order valence-corrected chi connectivity index (χ4v) is 2.25. The van der Waals surface area contributed by atoms with Gasteiger partial charge in [0.1, 0.15) is 0 Å². The minimum absolute atomic E-state index is 0.00582. The molecule has 1 aromatic rings. The molecule has 2 N–H and O–H groups in total. The molecule has 6 heteroatoms. The highest BCUT2D eigenvalue weighted by Crippen LogP contribution is 2.23. The molecule has 1 aromatic carbocycles. The number of anilines is 1. The van der Waals surface area contributed by atoms with Crippen molar-refractivity contribution >= 4 is 27.5 Å². The van der Waals surface area contributed by atoms with Crippen LogP contribution in [-0.4, -0.2) is 46.8 Å². The summed E-state index contributed by atoms with van der Waals surface area (Å²) in [5.41, 5.74) is 2.18. The summed E-state index contributed by atoms with van der Waals surface area (Å²) in [6.45, 7) is 2.54. The van der Waals surface area contributed by atoms with Crippen LogP contribution in [0.15, 0.2) is 22.7 Å². The number of amides is 1. The van der Waals surface area contributed by atoms with Crippen molar-refractivity contribution < 1.29 is 9.53 Å². The lowest BCUT2D eigenvalue weighted by atomic mass is 10.1. The van der Waals surface area contributed by atoms with Gasteiger partial charge in [-0.1, -0.05) is 15.9 Å². The molecule has 0 aliphatic carbocycles. The molecule has 0 aliphatic rings. The van der Waals surface area contributed by atoms with Crippen molar-refractivity contribution in [2.24, 2.45) is 0 Å². The average molecular weight is 344 g/mol. The molecule has 0 aliphatic heterocycles. The highest BCUT2D eigenvalue weighted by atomic mass is 79.9. The number of methoxy groups -OCH3 is 1. The minimum atomic E-state index is -0.00582. The van der Waals surface area contributed by atoms with E-state index in [0.29, 0.717) is 13.2 Å². The molecule has 0 saturated carbocycles. The lowest BCUT2D eigenvalue weighted by molar-refractivity contribution is -0.119. The maximum absolute atomic E-state index is 11.5. The van der Waals surface area contributed by atoms with Crippen LogP contribution in [0.1, 0.15) is 5.56 Å². The average Bonchev–Trinajstić information content (AvgIpc) is 2.43. The Labute approximate surface area is 128 Å². The Bertz CT molecular complexity index is 440. The van der Waals surface area contributed by atoms with Crippen LogP contribution >= 0.6 is 15.9 Å². The van der Waals surface area contributed by atoms with Gasteiger partial charge in [0.25, 0.3) is 0 Å². The van der Waals surface area contributed by atoms with Crippen molar-refractivity contribution in [1.82, 2.24) is 10.6 Å². The number of halogens is 1. The zero-order chi connectivity index (χ0) is 15.0. The normalized spacial score (nSPS) is 10.4. The molecule has 0 heterocycles. The van der Waals surface area contributed by atoms with Crippen molar-refractivity contribution in [3.63, 3.8) is 0 Å². The smallest absolute Gasteiger partial charge is 0.239 e. The van der Waals surface area contributed by atoms with Crippen molar-refractivity contribution in [1.29, 1.82) is 0 Å². The van der Waals surface area contributed by atoms with Crippen LogP contribution in [0.25, 0.3) is 0 Å². The molecule has 0 atom stereocenters. The summed E-state index contributed by atoms with van der Waals surface area (Å²) in [5, 5.41) is 5.95. The van der Waals surface area contributed by atoms with Crippen molar-refractivity contribution in [2.75, 3.05) is 45.8 Å². The lowest BCUT2D eigenvalue weighted by Crippen LogP contribution is -2.33. The standard InChI is InChI=1S/C14H22BrN3O2/c1-16-14(19)10-18(2)13-5-4-12(15)8-11(13)9-17-6-7-20-3/h4-5,8,17H,6-7,9-10H2,1-3H3,(H,16,19). The van der Waals surface area contributed by atoms with Gasteiger partial charge in [0, 0.05) is 44.5 Å². The first-order valence-electron chi connectivity index (χ1n) is 6.48. The van der Waals surface area contributed by atoms with Gasteiger partial charge in [-0.25, -0.2) is 0 Å². The van der Waals surface area contributed by atoms with Crippen LogP contribution in [0, 0.1) is 0 Å². The molecule has 0 radical (unpaired) electrons. The molecule has 0 bridgehead atoms. The third-order valence-corrected chi connectivity index (χ3v) is 3.40. The van der Waals surface area contributed by atoms with E-state index >= 15 is 0 Å². The molecule has 1 amide bonds. The van der Waals surface area contributed by atoms with Gasteiger partial charge < -0.3 is 20.3 Å². The topological polar surface area (TPSA) is 53.6 Å². The molecule has 0 unspecified atom stereocenters. The Morgan fingerprint density at radius 1 is 1.45 bits per heavy atom. The Balaban J connectivity index is 2.75. The van der Waals surface area contributed by atoms with Gasteiger partial charge in [-0.2, -0.15) is 0 Å². The Morgan fingerprint density at radius 3 is 2.85 bits per heavy atom. The number of nitrogens with zero attached hydrogens (tertiary/aromatic N) is 1. The van der Waals surface area contributed by atoms with Gasteiger partial charge in [0.05, 0.1) is 13.2 Å². The van der Waals surface area contributed by atoms with Crippen molar-refractivity contribution in [2.45, 2.75) is 6.54 Å². The van der Waals surface area contributed by atoms with Gasteiger partial charge in [0.2, 0.25) is 5.91 Å². The van der Waals surface area contributed by atoms with E-state index in [-0.39, 0.29) is 5.91 Å². The monoisotopic (exact) mass is 343 g/mol. The molecule has 0 saturated heterocycles. The van der Waals surface area contributed by atoms with Gasteiger partial charge in [-0.05, 0) is 23.8 Å². The van der Waals surface area contributed by atoms with E-state index in [4.69, 9.17) is 4.74 Å². The number of nitrogens with one attached hydrogen (secondary N) is 2. The minimum Gasteiger partial charge on any atom is -0.383 e. The quantitative estimate of drug-likeness (QED) is 0.700. The Morgan fingerprint density at radius 2 is 2.20 bits per heavy atom. The summed E-state index contributed by atoms with van der Waals surface area (Å²) in [5.74, 6) is -0.00582. The fraction of sp³-hybridized carbons (Fsp3) is 0.500. The number of carbonyl (C=O) groups excluding carboxylic acids is 1. The molecule has 112 valence electrons. The summed E-state index contributed by atoms with van der Waals surface area (Å²) in [6.07, 6.45) is 0. The summed E-state index contributed by atoms with van der Waals surface area (Å²) in [6, 6.07) is 6.06. The maximum Gasteiger partial charge on any atom is 0.239 e. The molecule has 0 fully saturated rings. The number of likely N-dealkylation sites (N-methyl/N-ethyl adjacent to an activating group) is 2. The van der Waals surface area contributed by atoms with E-state index in [2.05, 4.69) is 32.6 Å². The van der Waals surface area contributed by atoms with Crippen molar-refractivity contribution in [3.05, 3.63) is 28.2 Å². The third kappa shape index (κ3) is 5.48. The highest BCUT2D eigenvalue weighted by molar-refractivity contribution is 9.10. The SMILES string of the molecule is CNC(=O)CN(C)c1ccc(Br)cc1CNCCOC. The second-order valence-corrected chi connectivity index (χ2v) is 5.39. The lowest BCUT2D eigenvalue weighted by Gasteiger charge is -2.22. The first-order chi connectivity index (χ1) is 9.58. The fourth-order valence-electron chi connectivity index (χ4n) is 1.84. The van der Waals surface area contributed by atoms with E-state index in [0.717, 1.165) is 28.8 Å². The third-order valence-electron chi connectivity index (χ3n) is 2.91. The van der Waals surface area contributed by atoms with Crippen LogP contribution < -0.4 is 15.5 Å². The predicted molar refractivity (Wildman–Crippen MR) is 85.1 cm³/mol. The highest BCUT2D eigenvalue weighted by Gasteiger charge is 2.10. The van der Waals surface area contributed by atoms with E-state index in [1.54, 1.807) is 14.2 Å². The number of carbonyl (C=O) groups is 1. The number of rotatable bonds is 8. The number of ether oxygens (including phenoxy) is 1. The first-order valence-corrected chi connectivity index (χ1v) is 7.27. The van der Waals surface area contributed by atoms with E-state index < -0.39 is 0 Å². The number of hydrogen-bond donors (Lipinski definition) is 2. The van der Waals surface area contributed by atoms with Crippen LogP contribution in [0.4, 0.5) is 5.69 Å². The van der Waals surface area contributed by atoms with Crippen LogP contribution in [0.5, 0.6) is 0 Å². The largest absolute Gasteiger partial charge is 0.383 e. The second-order valence-electron chi connectivity index (χ2n) is 4.47. The molecule has 5 nitrogen and oxygen atoms in total. The maximum atomic E-state index is 11.5. The number of benzene rings is 1. The summed E-state index contributed by atoms with van der Waals surface area (Å²) < 4.78 is 6.04. The van der Waals surface area contributed by atoms with Gasteiger partial charge in [0.15, 0.2) is 0 Å².